The van der Waals surface area contributed by atoms with Crippen molar-refractivity contribution in [1.82, 2.24) is 15.1 Å². The summed E-state index contributed by atoms with van der Waals surface area (Å²) in [5.74, 6) is 0.00934. The first-order chi connectivity index (χ1) is 14.3. The minimum Gasteiger partial charge on any atom is -0.382 e. The molecule has 2 N–H and O–H groups in total. The highest BCUT2D eigenvalue weighted by Crippen LogP contribution is 2.37. The van der Waals surface area contributed by atoms with Crippen LogP contribution in [0, 0.1) is 12.3 Å². The highest BCUT2D eigenvalue weighted by Gasteiger charge is 2.35. The van der Waals surface area contributed by atoms with Crippen molar-refractivity contribution in [3.63, 3.8) is 0 Å². The quantitative estimate of drug-likeness (QED) is 0.790. The van der Waals surface area contributed by atoms with Gasteiger partial charge in [0.1, 0.15) is 0 Å². The van der Waals surface area contributed by atoms with Crippen molar-refractivity contribution >= 4 is 17.4 Å². The number of Topliss-reactive ketones (excluding diaryl/α,β-unsaturated/α-hetero) is 1. The Bertz CT molecular complexity index is 987. The SMILES string of the molecule is CNC(=O)c1ccc(-n2nc(C)c3c2CC(C)(C)CC3=O)cc1NCC1CCCO1. The first-order valence-corrected chi connectivity index (χ1v) is 10.6. The average molecular weight is 411 g/mol. The summed E-state index contributed by atoms with van der Waals surface area (Å²) in [5.41, 5.74) is 4.52. The van der Waals surface area contributed by atoms with Crippen molar-refractivity contribution in [2.45, 2.75) is 52.6 Å². The maximum Gasteiger partial charge on any atom is 0.253 e. The van der Waals surface area contributed by atoms with Gasteiger partial charge in [-0.05, 0) is 49.8 Å². The first kappa shape index (κ1) is 20.6. The number of hydrogen-bond acceptors (Lipinski definition) is 5. The number of ether oxygens (including phenoxy) is 1. The van der Waals surface area contributed by atoms with Crippen molar-refractivity contribution in [1.29, 1.82) is 0 Å². The molecule has 1 aliphatic carbocycles. The monoisotopic (exact) mass is 410 g/mol. The molecule has 1 fully saturated rings. The van der Waals surface area contributed by atoms with E-state index in [2.05, 4.69) is 24.5 Å². The number of nitrogens with one attached hydrogen (secondary N) is 2. The van der Waals surface area contributed by atoms with E-state index in [1.54, 1.807) is 7.05 Å². The fourth-order valence-corrected chi connectivity index (χ4v) is 4.53. The molecule has 7 heteroatoms. The molecule has 1 aromatic heterocycles. The van der Waals surface area contributed by atoms with E-state index in [1.165, 1.54) is 0 Å². The Kier molecular flexibility index (Phi) is 5.40. The third-order valence-electron chi connectivity index (χ3n) is 5.98. The molecule has 0 radical (unpaired) electrons. The van der Waals surface area contributed by atoms with Gasteiger partial charge in [0.15, 0.2) is 5.78 Å². The molecule has 1 aromatic carbocycles. The number of nitrogens with zero attached hydrogens (tertiary/aromatic N) is 2. The molecular weight excluding hydrogens is 380 g/mol. The zero-order valence-corrected chi connectivity index (χ0v) is 18.2. The third kappa shape index (κ3) is 3.86. The lowest BCUT2D eigenvalue weighted by Gasteiger charge is -2.29. The van der Waals surface area contributed by atoms with Crippen molar-refractivity contribution in [2.75, 3.05) is 25.5 Å². The predicted molar refractivity (Wildman–Crippen MR) is 116 cm³/mol. The van der Waals surface area contributed by atoms with E-state index in [1.807, 2.05) is 29.8 Å². The summed E-state index contributed by atoms with van der Waals surface area (Å²) in [4.78, 5) is 25.1. The van der Waals surface area contributed by atoms with Crippen LogP contribution in [0.25, 0.3) is 5.69 Å². The van der Waals surface area contributed by atoms with Gasteiger partial charge in [-0.15, -0.1) is 0 Å². The van der Waals surface area contributed by atoms with Crippen molar-refractivity contribution < 1.29 is 14.3 Å². The van der Waals surface area contributed by atoms with Gasteiger partial charge < -0.3 is 15.4 Å². The maximum absolute atomic E-state index is 12.7. The van der Waals surface area contributed by atoms with Crippen LogP contribution in [0.4, 0.5) is 5.69 Å². The first-order valence-electron chi connectivity index (χ1n) is 10.6. The van der Waals surface area contributed by atoms with Crippen LogP contribution in [0.3, 0.4) is 0 Å². The van der Waals surface area contributed by atoms with E-state index in [-0.39, 0.29) is 23.2 Å². The summed E-state index contributed by atoms with van der Waals surface area (Å²) in [6.07, 6.45) is 3.56. The second-order valence-electron chi connectivity index (χ2n) is 9.08. The van der Waals surface area contributed by atoms with E-state index >= 15 is 0 Å². The zero-order chi connectivity index (χ0) is 21.5. The summed E-state index contributed by atoms with van der Waals surface area (Å²) < 4.78 is 7.58. The number of amides is 1. The molecule has 2 aliphatic rings. The van der Waals surface area contributed by atoms with Crippen molar-refractivity contribution in [3.8, 4) is 5.69 Å². The standard InChI is InChI=1S/C23H30N4O3/c1-14-21-19(11-23(2,3)12-20(21)28)27(26-14)15-7-8-17(22(29)24-4)18(10-15)25-13-16-6-5-9-30-16/h7-8,10,16,25H,5-6,9,11-13H2,1-4H3,(H,24,29). The Morgan fingerprint density at radius 1 is 1.33 bits per heavy atom. The van der Waals surface area contributed by atoms with E-state index in [0.29, 0.717) is 18.5 Å². The third-order valence-corrected chi connectivity index (χ3v) is 5.98. The summed E-state index contributed by atoms with van der Waals surface area (Å²) in [6, 6.07) is 5.64. The van der Waals surface area contributed by atoms with E-state index in [9.17, 15) is 9.59 Å². The Morgan fingerprint density at radius 3 is 2.83 bits per heavy atom. The molecule has 1 saturated heterocycles. The molecule has 30 heavy (non-hydrogen) atoms. The second-order valence-corrected chi connectivity index (χ2v) is 9.08. The van der Waals surface area contributed by atoms with E-state index in [0.717, 1.165) is 54.2 Å². The number of carbonyl (C=O) groups excluding carboxylic acids is 2. The van der Waals surface area contributed by atoms with E-state index in [4.69, 9.17) is 9.84 Å². The molecule has 7 nitrogen and oxygen atoms in total. The van der Waals surface area contributed by atoms with Gasteiger partial charge in [0.05, 0.1) is 34.3 Å². The molecule has 0 spiro atoms. The Labute approximate surface area is 177 Å². The largest absolute Gasteiger partial charge is 0.382 e. The van der Waals surface area contributed by atoms with Gasteiger partial charge in [0.2, 0.25) is 0 Å². The lowest BCUT2D eigenvalue weighted by molar-refractivity contribution is 0.0909. The van der Waals surface area contributed by atoms with Gasteiger partial charge in [-0.25, -0.2) is 4.68 Å². The molecule has 160 valence electrons. The molecule has 1 aliphatic heterocycles. The van der Waals surface area contributed by atoms with Gasteiger partial charge in [-0.2, -0.15) is 5.10 Å². The van der Waals surface area contributed by atoms with Crippen molar-refractivity contribution in [2.24, 2.45) is 5.41 Å². The van der Waals surface area contributed by atoms with Crippen LogP contribution in [0.1, 0.15) is 65.2 Å². The molecule has 0 bridgehead atoms. The van der Waals surface area contributed by atoms with Crippen LogP contribution in [0.5, 0.6) is 0 Å². The smallest absolute Gasteiger partial charge is 0.253 e. The lowest BCUT2D eigenvalue weighted by Crippen LogP contribution is -2.28. The average Bonchev–Trinajstić information content (AvgIpc) is 3.32. The minimum atomic E-state index is -0.147. The van der Waals surface area contributed by atoms with Crippen LogP contribution in [0.2, 0.25) is 0 Å². The van der Waals surface area contributed by atoms with Crippen LogP contribution >= 0.6 is 0 Å². The van der Waals surface area contributed by atoms with Gasteiger partial charge >= 0.3 is 0 Å². The Hall–Kier alpha value is -2.67. The Morgan fingerprint density at radius 2 is 2.13 bits per heavy atom. The number of rotatable bonds is 5. The van der Waals surface area contributed by atoms with Gasteiger partial charge in [0, 0.05) is 32.3 Å². The van der Waals surface area contributed by atoms with Crippen molar-refractivity contribution in [3.05, 3.63) is 40.7 Å². The second kappa shape index (κ2) is 7.87. The summed E-state index contributed by atoms with van der Waals surface area (Å²) in [5, 5.41) is 10.8. The highest BCUT2D eigenvalue weighted by atomic mass is 16.5. The number of anilines is 1. The number of aryl methyl sites for hydroxylation is 1. The molecule has 0 saturated carbocycles. The number of carbonyl (C=O) groups is 2. The van der Waals surface area contributed by atoms with Gasteiger partial charge in [-0.3, -0.25) is 9.59 Å². The molecule has 1 atom stereocenters. The fourth-order valence-electron chi connectivity index (χ4n) is 4.53. The number of aromatic nitrogens is 2. The van der Waals surface area contributed by atoms with Crippen LogP contribution in [0.15, 0.2) is 18.2 Å². The summed E-state index contributed by atoms with van der Waals surface area (Å²) >= 11 is 0. The van der Waals surface area contributed by atoms with Gasteiger partial charge in [0.25, 0.3) is 5.91 Å². The molecule has 2 heterocycles. The highest BCUT2D eigenvalue weighted by molar-refractivity contribution is 6.01. The lowest BCUT2D eigenvalue weighted by atomic mass is 9.75. The maximum atomic E-state index is 12.7. The number of fused-ring (bicyclic) bond motifs is 1. The zero-order valence-electron chi connectivity index (χ0n) is 18.2. The Balaban J connectivity index is 1.73. The number of hydrogen-bond donors (Lipinski definition) is 2. The molecule has 2 aromatic rings. The van der Waals surface area contributed by atoms with Gasteiger partial charge in [-0.1, -0.05) is 13.8 Å². The normalized spacial score (nSPS) is 20.1. The summed E-state index contributed by atoms with van der Waals surface area (Å²) in [6.45, 7) is 7.56. The molecule has 4 rings (SSSR count). The minimum absolute atomic E-state index is 0.1000. The van der Waals surface area contributed by atoms with Crippen LogP contribution in [-0.4, -0.2) is 47.8 Å². The topological polar surface area (TPSA) is 85.2 Å². The van der Waals surface area contributed by atoms with Crippen LogP contribution in [-0.2, 0) is 11.2 Å². The summed E-state index contributed by atoms with van der Waals surface area (Å²) in [7, 11) is 1.63. The number of ketones is 1. The number of benzene rings is 1. The predicted octanol–water partition coefficient (Wildman–Crippen LogP) is 3.29. The van der Waals surface area contributed by atoms with E-state index < -0.39 is 0 Å². The van der Waals surface area contributed by atoms with Crippen LogP contribution < -0.4 is 10.6 Å². The molecule has 1 unspecified atom stereocenters. The molecule has 1 amide bonds. The molecular formula is C23H30N4O3. The fraction of sp³-hybridized carbons (Fsp3) is 0.522.